The van der Waals surface area contributed by atoms with Crippen molar-refractivity contribution in [3.8, 4) is 0 Å². The monoisotopic (exact) mass is 115 g/mol. The summed E-state index contributed by atoms with van der Waals surface area (Å²) in [5.41, 5.74) is 0.588. The number of hydrogen-bond acceptors (Lipinski definition) is 2. The van der Waals surface area contributed by atoms with Crippen LogP contribution in [-0.4, -0.2) is 11.7 Å². The first kappa shape index (κ1) is 5.59. The molecule has 0 aromatic carbocycles. The largest absolute Gasteiger partial charge is 0.629 e. The first-order valence-electron chi connectivity index (χ1n) is 2.71. The van der Waals surface area contributed by atoms with Crippen LogP contribution in [-0.2, 0) is 0 Å². The molecule has 46 valence electrons. The van der Waals surface area contributed by atoms with Crippen LogP contribution in [0.2, 0.25) is 0 Å². The molecule has 1 unspecified atom stereocenters. The smallest absolute Gasteiger partial charge is 0.142 e. The van der Waals surface area contributed by atoms with Gasteiger partial charge in [-0.05, 0) is 0 Å². The zero-order chi connectivity index (χ0) is 5.98. The molecule has 1 saturated heterocycles. The summed E-state index contributed by atoms with van der Waals surface area (Å²) < 4.78 is 0. The predicted octanol–water partition coefficient (Wildman–Crippen LogP) is -0.438. The van der Waals surface area contributed by atoms with Gasteiger partial charge in [-0.25, -0.2) is 0 Å². The van der Waals surface area contributed by atoms with Crippen LogP contribution >= 0.6 is 0 Å². The summed E-state index contributed by atoms with van der Waals surface area (Å²) >= 11 is 0. The maximum Gasteiger partial charge on any atom is 0.142 e. The van der Waals surface area contributed by atoms with Gasteiger partial charge in [0.1, 0.15) is 12.0 Å². The molecule has 0 bridgehead atoms. The van der Waals surface area contributed by atoms with Gasteiger partial charge < -0.3 is 15.4 Å². The highest BCUT2D eigenvalue weighted by Crippen LogP contribution is 2.00. The van der Waals surface area contributed by atoms with E-state index in [0.717, 1.165) is 19.1 Å². The van der Waals surface area contributed by atoms with Gasteiger partial charge in [0.05, 0.1) is 6.54 Å². The molecule has 3 heteroatoms. The number of aliphatic hydroxyl groups is 1. The molecular weight excluding hydrogens is 106 g/mol. The van der Waals surface area contributed by atoms with Crippen molar-refractivity contribution in [1.29, 1.82) is 0 Å². The molecule has 2 N–H and O–H groups in total. The second-order valence-electron chi connectivity index (χ2n) is 1.93. The van der Waals surface area contributed by atoms with Crippen LogP contribution in [0.3, 0.4) is 0 Å². The molecule has 0 aromatic rings. The zero-order valence-corrected chi connectivity index (χ0v) is 4.55. The van der Waals surface area contributed by atoms with E-state index >= 15 is 0 Å². The van der Waals surface area contributed by atoms with E-state index in [1.165, 1.54) is 0 Å². The average molecular weight is 115 g/mol. The van der Waals surface area contributed by atoms with Crippen molar-refractivity contribution < 1.29 is 10.2 Å². The van der Waals surface area contributed by atoms with Crippen LogP contribution < -0.4 is 5.06 Å². The Morgan fingerprint density at radius 1 is 1.75 bits per heavy atom. The van der Waals surface area contributed by atoms with E-state index < -0.39 is 0 Å². The molecule has 1 aliphatic rings. The van der Waals surface area contributed by atoms with Gasteiger partial charge in [-0.3, -0.25) is 0 Å². The standard InChI is InChI=1S/C5H9NO2/c7-4-5-2-1-3-6(5)8/h4,6-7H,1-3H2/b5-4-. The molecule has 1 aliphatic heterocycles. The van der Waals surface area contributed by atoms with Gasteiger partial charge in [0.15, 0.2) is 0 Å². The second kappa shape index (κ2) is 2.15. The molecule has 0 aromatic heterocycles. The van der Waals surface area contributed by atoms with Gasteiger partial charge in [-0.2, -0.15) is 0 Å². The minimum Gasteiger partial charge on any atom is -0.629 e. The van der Waals surface area contributed by atoms with Gasteiger partial charge in [-0.15, -0.1) is 0 Å². The van der Waals surface area contributed by atoms with Crippen LogP contribution in [0.5, 0.6) is 0 Å². The van der Waals surface area contributed by atoms with Crippen molar-refractivity contribution >= 4 is 0 Å². The number of quaternary nitrogens is 1. The summed E-state index contributed by atoms with van der Waals surface area (Å²) in [6.07, 6.45) is 2.59. The Morgan fingerprint density at radius 2 is 2.50 bits per heavy atom. The maximum absolute atomic E-state index is 10.6. The predicted molar refractivity (Wildman–Crippen MR) is 29.1 cm³/mol. The number of allylic oxidation sites excluding steroid dienone is 1. The fourth-order valence-electron chi connectivity index (χ4n) is 0.876. The van der Waals surface area contributed by atoms with Gasteiger partial charge in [0.25, 0.3) is 0 Å². The summed E-state index contributed by atoms with van der Waals surface area (Å²) in [6.45, 7) is 0.617. The van der Waals surface area contributed by atoms with Crippen LogP contribution in [0.4, 0.5) is 0 Å². The molecule has 1 heterocycles. The molecule has 1 atom stereocenters. The average Bonchev–Trinajstić information content (AvgIpc) is 2.14. The summed E-state index contributed by atoms with van der Waals surface area (Å²) in [6, 6.07) is 0. The highest BCUT2D eigenvalue weighted by atomic mass is 16.5. The Bertz CT molecular complexity index is 111. The molecular formula is C5H9NO2. The number of nitrogens with one attached hydrogen (secondary N) is 1. The van der Waals surface area contributed by atoms with Gasteiger partial charge in [0, 0.05) is 12.8 Å². The van der Waals surface area contributed by atoms with Crippen LogP contribution in [0, 0.1) is 5.21 Å². The van der Waals surface area contributed by atoms with E-state index in [1.54, 1.807) is 0 Å². The highest BCUT2D eigenvalue weighted by Gasteiger charge is 2.14. The molecule has 0 aliphatic carbocycles. The summed E-state index contributed by atoms with van der Waals surface area (Å²) in [7, 11) is 0. The fourth-order valence-corrected chi connectivity index (χ4v) is 0.876. The number of hydroxylamine groups is 2. The normalized spacial score (nSPS) is 34.1. The molecule has 0 amide bonds. The van der Waals surface area contributed by atoms with Crippen LogP contribution in [0.25, 0.3) is 0 Å². The van der Waals surface area contributed by atoms with Crippen molar-refractivity contribution in [1.82, 2.24) is 0 Å². The maximum atomic E-state index is 10.6. The first-order chi connectivity index (χ1) is 3.84. The van der Waals surface area contributed by atoms with Crippen molar-refractivity contribution in [2.45, 2.75) is 12.8 Å². The summed E-state index contributed by atoms with van der Waals surface area (Å²) in [5, 5.41) is 19.0. The van der Waals surface area contributed by atoms with Gasteiger partial charge in [-0.1, -0.05) is 0 Å². The quantitative estimate of drug-likeness (QED) is 0.332. The Morgan fingerprint density at radius 3 is 2.75 bits per heavy atom. The van der Waals surface area contributed by atoms with Crippen LogP contribution in [0.1, 0.15) is 12.8 Å². The summed E-state index contributed by atoms with van der Waals surface area (Å²) in [5.74, 6) is 0. The van der Waals surface area contributed by atoms with Crippen molar-refractivity contribution in [2.75, 3.05) is 6.54 Å². The lowest BCUT2D eigenvalue weighted by Crippen LogP contribution is -3.03. The van der Waals surface area contributed by atoms with E-state index in [9.17, 15) is 5.21 Å². The molecule has 0 radical (unpaired) electrons. The molecule has 1 fully saturated rings. The number of rotatable bonds is 0. The molecule has 8 heavy (non-hydrogen) atoms. The van der Waals surface area contributed by atoms with Gasteiger partial charge >= 0.3 is 0 Å². The molecule has 0 spiro atoms. The highest BCUT2D eigenvalue weighted by molar-refractivity contribution is 4.87. The third-order valence-corrected chi connectivity index (χ3v) is 1.36. The topological polar surface area (TPSA) is 47.7 Å². The van der Waals surface area contributed by atoms with E-state index in [-0.39, 0.29) is 5.06 Å². The lowest BCUT2D eigenvalue weighted by atomic mass is 10.3. The number of aliphatic hydroxyl groups excluding tert-OH is 1. The third kappa shape index (κ3) is 0.827. The zero-order valence-electron chi connectivity index (χ0n) is 4.55. The third-order valence-electron chi connectivity index (χ3n) is 1.36. The lowest BCUT2D eigenvalue weighted by Gasteiger charge is -2.14. The van der Waals surface area contributed by atoms with Crippen molar-refractivity contribution in [3.63, 3.8) is 0 Å². The minimum absolute atomic E-state index is 0.104. The Hall–Kier alpha value is -0.540. The van der Waals surface area contributed by atoms with Crippen molar-refractivity contribution in [2.24, 2.45) is 0 Å². The Kier molecular flexibility index (Phi) is 1.50. The number of hydrogen-bond donors (Lipinski definition) is 2. The molecule has 3 nitrogen and oxygen atoms in total. The second-order valence-corrected chi connectivity index (χ2v) is 1.93. The SMILES string of the molecule is [O-][NH+]1CCC/C1=C/O. The first-order valence-corrected chi connectivity index (χ1v) is 2.71. The summed E-state index contributed by atoms with van der Waals surface area (Å²) in [4.78, 5) is 0. The van der Waals surface area contributed by atoms with E-state index in [0.29, 0.717) is 12.2 Å². The minimum atomic E-state index is 0.104. The molecule has 1 rings (SSSR count). The molecule has 0 saturated carbocycles. The Labute approximate surface area is 47.8 Å². The van der Waals surface area contributed by atoms with E-state index in [4.69, 9.17) is 5.11 Å². The van der Waals surface area contributed by atoms with E-state index in [2.05, 4.69) is 0 Å². The Balaban J connectivity index is 2.55. The van der Waals surface area contributed by atoms with Crippen LogP contribution in [0.15, 0.2) is 12.0 Å². The lowest BCUT2D eigenvalue weighted by molar-refractivity contribution is -0.795. The van der Waals surface area contributed by atoms with Gasteiger partial charge in [0.2, 0.25) is 0 Å². The van der Waals surface area contributed by atoms with E-state index in [1.807, 2.05) is 0 Å². The fraction of sp³-hybridized carbons (Fsp3) is 0.600. The van der Waals surface area contributed by atoms with Crippen molar-refractivity contribution in [3.05, 3.63) is 17.2 Å².